The first-order valence-electron chi connectivity index (χ1n) is 8.85. The number of amides is 1. The van der Waals surface area contributed by atoms with E-state index in [1.165, 1.54) is 27.6 Å². The van der Waals surface area contributed by atoms with Gasteiger partial charge in [0, 0.05) is 22.3 Å². The quantitative estimate of drug-likeness (QED) is 0.489. The Kier molecular flexibility index (Phi) is 6.69. The number of likely N-dealkylation sites (N-methyl/N-ethyl adjacent to an activating group) is 1. The van der Waals surface area contributed by atoms with Crippen molar-refractivity contribution in [1.82, 2.24) is 4.90 Å². The van der Waals surface area contributed by atoms with Gasteiger partial charge in [-0.3, -0.25) is 4.79 Å². The maximum absolute atomic E-state index is 12.7. The second-order valence-electron chi connectivity index (χ2n) is 6.36. The van der Waals surface area contributed by atoms with Crippen LogP contribution in [0.4, 0.5) is 0 Å². The minimum absolute atomic E-state index is 0.0285. The van der Waals surface area contributed by atoms with Crippen molar-refractivity contribution < 1.29 is 22.7 Å². The van der Waals surface area contributed by atoms with E-state index in [0.717, 1.165) is 9.75 Å². The summed E-state index contributed by atoms with van der Waals surface area (Å²) in [7, 11) is -3.10. The van der Waals surface area contributed by atoms with Gasteiger partial charge in [-0.2, -0.15) is 0 Å². The van der Waals surface area contributed by atoms with Crippen LogP contribution < -0.4 is 0 Å². The van der Waals surface area contributed by atoms with Gasteiger partial charge in [0.2, 0.25) is 0 Å². The summed E-state index contributed by atoms with van der Waals surface area (Å²) < 4.78 is 28.7. The molecule has 1 saturated heterocycles. The molecular weight excluding hydrogens is 418 g/mol. The molecule has 1 unspecified atom stereocenters. The average molecular weight is 440 g/mol. The van der Waals surface area contributed by atoms with Gasteiger partial charge in [0.1, 0.15) is 0 Å². The molecule has 9 heteroatoms. The van der Waals surface area contributed by atoms with Crippen LogP contribution in [-0.4, -0.2) is 55.9 Å². The molecule has 6 nitrogen and oxygen atoms in total. The van der Waals surface area contributed by atoms with Crippen molar-refractivity contribution in [3.05, 3.63) is 44.8 Å². The molecule has 2 aromatic heterocycles. The maximum atomic E-state index is 12.7. The topological polar surface area (TPSA) is 80.8 Å². The molecule has 0 aliphatic carbocycles. The third kappa shape index (κ3) is 5.09. The Hall–Kier alpha value is -1.97. The van der Waals surface area contributed by atoms with E-state index in [2.05, 4.69) is 0 Å². The fourth-order valence-electron chi connectivity index (χ4n) is 3.13. The van der Waals surface area contributed by atoms with E-state index in [1.54, 1.807) is 13.0 Å². The number of nitrogens with zero attached hydrogens (tertiary/aromatic N) is 1. The molecule has 3 rings (SSSR count). The van der Waals surface area contributed by atoms with Crippen LogP contribution in [0.3, 0.4) is 0 Å². The molecule has 1 amide bonds. The summed E-state index contributed by atoms with van der Waals surface area (Å²) in [6.07, 6.45) is 2.18. The highest BCUT2D eigenvalue weighted by molar-refractivity contribution is 7.91. The predicted molar refractivity (Wildman–Crippen MR) is 112 cm³/mol. The summed E-state index contributed by atoms with van der Waals surface area (Å²) in [5.74, 6) is -0.883. The summed E-state index contributed by atoms with van der Waals surface area (Å²) in [5, 5.41) is 3.79. The normalized spacial score (nSPS) is 18.8. The van der Waals surface area contributed by atoms with Crippen molar-refractivity contribution in [3.63, 3.8) is 0 Å². The van der Waals surface area contributed by atoms with Crippen LogP contribution in [-0.2, 0) is 24.2 Å². The summed E-state index contributed by atoms with van der Waals surface area (Å²) in [6, 6.07) is 7.12. The number of thiophene rings is 2. The van der Waals surface area contributed by atoms with E-state index < -0.39 is 22.4 Å². The second kappa shape index (κ2) is 9.02. The Labute approximate surface area is 172 Å². The highest BCUT2D eigenvalue weighted by atomic mass is 32.2. The average Bonchev–Trinajstić information content (AvgIpc) is 3.40. The molecule has 3 heterocycles. The van der Waals surface area contributed by atoms with Crippen molar-refractivity contribution in [1.29, 1.82) is 0 Å². The zero-order valence-electron chi connectivity index (χ0n) is 15.4. The largest absolute Gasteiger partial charge is 0.452 e. The van der Waals surface area contributed by atoms with E-state index >= 15 is 0 Å². The van der Waals surface area contributed by atoms with Gasteiger partial charge in [-0.05, 0) is 42.3 Å². The van der Waals surface area contributed by atoms with Crippen molar-refractivity contribution in [2.45, 2.75) is 19.4 Å². The monoisotopic (exact) mass is 439 g/mol. The van der Waals surface area contributed by atoms with Crippen molar-refractivity contribution in [2.24, 2.45) is 0 Å². The van der Waals surface area contributed by atoms with Crippen LogP contribution in [0.15, 0.2) is 35.0 Å². The molecule has 28 heavy (non-hydrogen) atoms. The van der Waals surface area contributed by atoms with Gasteiger partial charge in [-0.25, -0.2) is 13.2 Å². The molecule has 0 bridgehead atoms. The van der Waals surface area contributed by atoms with Crippen molar-refractivity contribution in [2.75, 3.05) is 24.7 Å². The van der Waals surface area contributed by atoms with Crippen LogP contribution in [0.5, 0.6) is 0 Å². The molecule has 150 valence electrons. The lowest BCUT2D eigenvalue weighted by Crippen LogP contribution is -2.43. The molecule has 0 spiro atoms. The highest BCUT2D eigenvalue weighted by Crippen LogP contribution is 2.26. The van der Waals surface area contributed by atoms with Gasteiger partial charge in [0.15, 0.2) is 16.4 Å². The zero-order chi connectivity index (χ0) is 20.1. The Morgan fingerprint density at radius 1 is 1.25 bits per heavy atom. The molecule has 0 aromatic carbocycles. The minimum Gasteiger partial charge on any atom is -0.452 e. The maximum Gasteiger partial charge on any atom is 0.340 e. The highest BCUT2D eigenvalue weighted by Gasteiger charge is 2.34. The first-order chi connectivity index (χ1) is 13.4. The fraction of sp³-hybridized carbons (Fsp3) is 0.368. The van der Waals surface area contributed by atoms with Gasteiger partial charge in [-0.15, -0.1) is 22.7 Å². The minimum atomic E-state index is -3.10. The fourth-order valence-corrected chi connectivity index (χ4v) is 6.24. The molecule has 1 aliphatic heterocycles. The molecule has 1 atom stereocenters. The number of hydrogen-bond donors (Lipinski definition) is 0. The number of carbonyl (C=O) groups excluding carboxylic acids is 2. The van der Waals surface area contributed by atoms with Gasteiger partial charge < -0.3 is 9.64 Å². The Morgan fingerprint density at radius 2 is 2.00 bits per heavy atom. The molecule has 0 saturated carbocycles. The molecule has 1 fully saturated rings. The zero-order valence-corrected chi connectivity index (χ0v) is 17.8. The molecule has 0 radical (unpaired) electrons. The first kappa shape index (κ1) is 20.8. The van der Waals surface area contributed by atoms with E-state index in [9.17, 15) is 18.0 Å². The number of esters is 1. The van der Waals surface area contributed by atoms with Gasteiger partial charge in [0.25, 0.3) is 5.91 Å². The molecule has 0 N–H and O–H groups in total. The summed E-state index contributed by atoms with van der Waals surface area (Å²) in [4.78, 5) is 28.4. The molecule has 1 aliphatic rings. The number of rotatable bonds is 7. The van der Waals surface area contributed by atoms with Gasteiger partial charge in [-0.1, -0.05) is 12.1 Å². The lowest BCUT2D eigenvalue weighted by atomic mass is 10.2. The Morgan fingerprint density at radius 3 is 2.57 bits per heavy atom. The number of ether oxygens (including phenoxy) is 1. The van der Waals surface area contributed by atoms with Gasteiger partial charge in [0.05, 0.1) is 17.1 Å². The van der Waals surface area contributed by atoms with Gasteiger partial charge >= 0.3 is 5.97 Å². The lowest BCUT2D eigenvalue weighted by molar-refractivity contribution is -0.148. The smallest absolute Gasteiger partial charge is 0.340 e. The molecular formula is C19H21NO5S3. The Balaban J connectivity index is 1.68. The summed E-state index contributed by atoms with van der Waals surface area (Å²) in [5.41, 5.74) is 0.400. The standard InChI is InChI=1S/C19H21NO5S3/c1-2-20(14-7-10-28(23,24)13-14)18(21)12-25-19(22)16(17-6-4-9-27-17)11-15-5-3-8-26-15/h3-6,8-9,11,14H,2,7,10,12-13H2,1H3/b16-11+. The number of sulfone groups is 1. The Bertz CT molecular complexity index is 946. The van der Waals surface area contributed by atoms with Crippen LogP contribution >= 0.6 is 22.7 Å². The predicted octanol–water partition coefficient (Wildman–Crippen LogP) is 2.93. The van der Waals surface area contributed by atoms with E-state index in [0.29, 0.717) is 18.5 Å². The SMILES string of the molecule is CCN(C(=O)COC(=O)/C(=C/c1cccs1)c1cccs1)C1CCS(=O)(=O)C1. The van der Waals surface area contributed by atoms with Crippen LogP contribution in [0.25, 0.3) is 11.6 Å². The van der Waals surface area contributed by atoms with Crippen LogP contribution in [0.2, 0.25) is 0 Å². The van der Waals surface area contributed by atoms with E-state index in [4.69, 9.17) is 4.74 Å². The lowest BCUT2D eigenvalue weighted by Gasteiger charge is -2.26. The number of carbonyl (C=O) groups is 2. The third-order valence-corrected chi connectivity index (χ3v) is 7.95. The first-order valence-corrected chi connectivity index (χ1v) is 12.4. The van der Waals surface area contributed by atoms with Crippen LogP contribution in [0, 0.1) is 0 Å². The number of hydrogen-bond acceptors (Lipinski definition) is 7. The van der Waals surface area contributed by atoms with E-state index in [1.807, 2.05) is 35.0 Å². The van der Waals surface area contributed by atoms with Crippen LogP contribution in [0.1, 0.15) is 23.1 Å². The molecule has 2 aromatic rings. The second-order valence-corrected chi connectivity index (χ2v) is 10.5. The summed E-state index contributed by atoms with van der Waals surface area (Å²) >= 11 is 2.92. The van der Waals surface area contributed by atoms with Crippen molar-refractivity contribution in [3.8, 4) is 0 Å². The summed E-state index contributed by atoms with van der Waals surface area (Å²) in [6.45, 7) is 1.76. The van der Waals surface area contributed by atoms with Crippen molar-refractivity contribution >= 4 is 56.0 Å². The van der Waals surface area contributed by atoms with E-state index in [-0.39, 0.29) is 23.5 Å². The third-order valence-electron chi connectivity index (χ3n) is 4.47.